The number of amides is 8. The second-order valence-corrected chi connectivity index (χ2v) is 24.2. The number of aromatic nitrogens is 4. The monoisotopic (exact) mass is 1330 g/mol. The number of hydrogen-bond donors (Lipinski definition) is 14. The molecule has 15 N–H and O–H groups in total. The molecule has 34 heteroatoms. The Morgan fingerprint density at radius 1 is 0.796 bits per heavy atom. The van der Waals surface area contributed by atoms with E-state index in [4.69, 9.17) is 19.9 Å². The summed E-state index contributed by atoms with van der Waals surface area (Å²) >= 11 is 1.31. The fourth-order valence-corrected chi connectivity index (χ4v) is 12.0. The predicted molar refractivity (Wildman–Crippen MR) is 327 cm³/mol. The van der Waals surface area contributed by atoms with Crippen molar-refractivity contribution in [3.05, 3.63) is 90.3 Å². The number of primary amides is 1. The van der Waals surface area contributed by atoms with Crippen LogP contribution in [0, 0.1) is 5.92 Å². The number of rotatable bonds is 22. The molecule has 5 heterocycles. The van der Waals surface area contributed by atoms with Crippen LogP contribution in [-0.4, -0.2) is 217 Å². The summed E-state index contributed by atoms with van der Waals surface area (Å²) < 4.78 is 16.9. The van der Waals surface area contributed by atoms with Gasteiger partial charge in [-0.15, -0.1) is 10.2 Å². The molecule has 0 radical (unpaired) electrons. The van der Waals surface area contributed by atoms with Gasteiger partial charge in [0, 0.05) is 62.1 Å². The van der Waals surface area contributed by atoms with E-state index in [9.17, 15) is 74.1 Å². The molecule has 0 bridgehead atoms. The van der Waals surface area contributed by atoms with Gasteiger partial charge < -0.3 is 86.8 Å². The van der Waals surface area contributed by atoms with Crippen LogP contribution in [0.3, 0.4) is 0 Å². The normalized spacial score (nSPS) is 24.5. The number of nitrogens with two attached hydrogens (primary N) is 1. The number of hydrogen-bond acceptors (Lipinski definition) is 25. The number of aliphatic hydroxyl groups excluding tert-OH is 6. The summed E-state index contributed by atoms with van der Waals surface area (Å²) in [5.41, 5.74) is 7.51. The first-order valence-corrected chi connectivity index (χ1v) is 31.3. The summed E-state index contributed by atoms with van der Waals surface area (Å²) in [6, 6.07) is 5.31. The standard InChI is InChI=1S/C59H74N12O20S2/c1-4-5-6-7-18-88-38-15-13-35(14-16-38)71-27-34(24-62-71)57-68-67-56(92-57)33-11-9-32(10-12-33)51(80)63-39-21-36(73)25-61-55(84)49-50(79)29(2)26-70(49)59(86)48(43(77)23-45(60)78)66-54(83)47(42(76)19-31-8-17-41(75)44(20-31)89-93-91-90-87)65-53(82)40-22-37(74)28-69(40)58(85)46(30(3)72)64-52(39)81/h8-17,20,24,27,29-30,36-37,39-40,42-43,46-50,72-77,79,87H,4-7,18-19,21-23,25-26,28H2,1-3H3,(H2,60,78)(H,61,84)(H,63,80)(H,64,81)(H,65,82)(H,66,83)/t29?,30?,36?,37?,39-,40?,42?,43?,46?,47?,48?,49?,50?/m0/s1. The Labute approximate surface area is 540 Å². The average Bonchev–Trinajstić information content (AvgIpc) is 1.72. The van der Waals surface area contributed by atoms with Gasteiger partial charge in [-0.2, -0.15) is 5.10 Å². The van der Waals surface area contributed by atoms with Gasteiger partial charge in [-0.05, 0) is 67.4 Å². The predicted octanol–water partition coefficient (Wildman–Crippen LogP) is -1.09. The van der Waals surface area contributed by atoms with E-state index in [1.807, 2.05) is 24.3 Å². The average molecular weight is 1340 g/mol. The molecule has 0 spiro atoms. The van der Waals surface area contributed by atoms with Gasteiger partial charge in [0.2, 0.25) is 41.4 Å². The summed E-state index contributed by atoms with van der Waals surface area (Å²) in [6.07, 6.45) is -5.86. The molecule has 3 aliphatic rings. The van der Waals surface area contributed by atoms with Crippen molar-refractivity contribution in [2.45, 2.75) is 145 Å². The Morgan fingerprint density at radius 2 is 1.48 bits per heavy atom. The molecule has 93 heavy (non-hydrogen) atoms. The Hall–Kier alpha value is -8.42. The third kappa shape index (κ3) is 18.0. The van der Waals surface area contributed by atoms with E-state index in [1.54, 1.807) is 29.2 Å². The molecule has 0 saturated carbocycles. The van der Waals surface area contributed by atoms with Gasteiger partial charge in [0.05, 0.1) is 67.1 Å². The molecule has 0 aliphatic carbocycles. The highest BCUT2D eigenvalue weighted by molar-refractivity contribution is 7.90. The van der Waals surface area contributed by atoms with E-state index >= 15 is 0 Å². The number of benzene rings is 3. The van der Waals surface area contributed by atoms with E-state index in [0.717, 1.165) is 66.0 Å². The van der Waals surface area contributed by atoms with Crippen LogP contribution in [0.1, 0.15) is 81.6 Å². The number of ether oxygens (including phenoxy) is 1. The fourth-order valence-electron chi connectivity index (χ4n) is 10.9. The minimum atomic E-state index is -2.22. The molecular formula is C59H74N12O20S2. The zero-order valence-corrected chi connectivity index (χ0v) is 52.2. The smallest absolute Gasteiger partial charge is 0.261 e. The number of carbonyl (C=O) groups is 8. The van der Waals surface area contributed by atoms with Crippen LogP contribution in [0.25, 0.3) is 26.8 Å². The molecular weight excluding hydrogens is 1260 g/mol. The first-order chi connectivity index (χ1) is 44.4. The zero-order valence-electron chi connectivity index (χ0n) is 50.6. The van der Waals surface area contributed by atoms with E-state index in [-0.39, 0.29) is 29.2 Å². The number of aromatic hydroxyl groups is 1. The molecule has 8 rings (SSSR count). The number of β-amino-alcohol motifs (C(OH)–C–C–N with tert-alkyl or cyclic N) is 1. The van der Waals surface area contributed by atoms with Crippen molar-refractivity contribution in [3.8, 4) is 44.1 Å². The fraction of sp³-hybridized carbons (Fsp3) is 0.475. The largest absolute Gasteiger partial charge is 0.504 e. The number of phenolic OH excluding ortho intramolecular Hbond substituents is 1. The van der Waals surface area contributed by atoms with Crippen molar-refractivity contribution in [3.63, 3.8) is 0 Å². The van der Waals surface area contributed by atoms with Gasteiger partial charge in [-0.1, -0.05) is 72.0 Å². The van der Waals surface area contributed by atoms with Crippen molar-refractivity contribution in [1.29, 1.82) is 0 Å². The lowest BCUT2D eigenvalue weighted by atomic mass is 9.98. The van der Waals surface area contributed by atoms with E-state index in [1.165, 1.54) is 36.5 Å². The maximum atomic E-state index is 14.7. The van der Waals surface area contributed by atoms with Gasteiger partial charge in [0.15, 0.2) is 16.5 Å². The number of carbonyl (C=O) groups excluding carboxylic acids is 8. The minimum absolute atomic E-state index is 0.00996. The first kappa shape index (κ1) is 70.4. The van der Waals surface area contributed by atoms with Crippen molar-refractivity contribution >= 4 is 70.9 Å². The van der Waals surface area contributed by atoms with Gasteiger partial charge in [-0.3, -0.25) is 38.4 Å². The highest BCUT2D eigenvalue weighted by Gasteiger charge is 2.50. The maximum Gasteiger partial charge on any atom is 0.261 e. The quantitative estimate of drug-likeness (QED) is 0.0169. The van der Waals surface area contributed by atoms with E-state index in [2.05, 4.69) is 58.2 Å². The van der Waals surface area contributed by atoms with Crippen LogP contribution >= 0.6 is 23.7 Å². The summed E-state index contributed by atoms with van der Waals surface area (Å²) in [5, 5.41) is 117. The summed E-state index contributed by atoms with van der Waals surface area (Å²) in [5.74, 6) is -10.4. The lowest BCUT2D eigenvalue weighted by Gasteiger charge is -2.33. The van der Waals surface area contributed by atoms with Gasteiger partial charge >= 0.3 is 0 Å². The SMILES string of the molecule is CCCCCCOc1ccc(-n2cc(-c3nnc(-c4ccc(C(=O)N[C@H]5CC(O)CNC(=O)C6C(O)C(C)CN6C(=O)C(C(O)CC(N)=O)NC(=O)C(C(O)Cc6ccc(O)c(OSOOO)c6)NC(=O)C6CC(O)CN6C(=O)C(C(C)O)NC5=O)cc4)s3)cn2)cc1. The second-order valence-electron chi connectivity index (χ2n) is 22.8. The van der Waals surface area contributed by atoms with Crippen molar-refractivity contribution in [2.24, 2.45) is 11.7 Å². The molecule has 2 aromatic heterocycles. The molecule has 3 saturated heterocycles. The van der Waals surface area contributed by atoms with Crippen molar-refractivity contribution < 1.29 is 97.7 Å². The molecule has 13 atom stereocenters. The number of nitrogens with zero attached hydrogens (tertiary/aromatic N) is 6. The van der Waals surface area contributed by atoms with Crippen LogP contribution in [0.5, 0.6) is 17.2 Å². The number of fused-ring (bicyclic) bond motifs is 2. The Morgan fingerprint density at radius 3 is 2.17 bits per heavy atom. The topological polar surface area (TPSA) is 472 Å². The van der Waals surface area contributed by atoms with Gasteiger partial charge in [-0.25, -0.2) is 9.94 Å². The van der Waals surface area contributed by atoms with E-state index < -0.39 is 177 Å². The molecule has 12 unspecified atom stereocenters. The number of nitrogens with one attached hydrogen (secondary N) is 5. The van der Waals surface area contributed by atoms with Crippen molar-refractivity contribution in [2.75, 3.05) is 26.2 Å². The van der Waals surface area contributed by atoms with Crippen LogP contribution in [0.2, 0.25) is 0 Å². The van der Waals surface area contributed by atoms with Crippen molar-refractivity contribution in [1.82, 2.24) is 56.4 Å². The first-order valence-electron chi connectivity index (χ1n) is 29.8. The summed E-state index contributed by atoms with van der Waals surface area (Å²) in [4.78, 5) is 115. The second kappa shape index (κ2) is 32.4. The highest BCUT2D eigenvalue weighted by Crippen LogP contribution is 2.33. The molecule has 32 nitrogen and oxygen atoms in total. The molecule has 5 aromatic rings. The minimum Gasteiger partial charge on any atom is -0.504 e. The lowest BCUT2D eigenvalue weighted by Crippen LogP contribution is -2.64. The Bertz CT molecular complexity index is 3430. The zero-order chi connectivity index (χ0) is 67.2. The van der Waals surface area contributed by atoms with Crippen LogP contribution < -0.4 is 41.2 Å². The Balaban J connectivity index is 1.05. The third-order valence-corrected chi connectivity index (χ3v) is 17.2. The van der Waals surface area contributed by atoms with Crippen LogP contribution in [0.15, 0.2) is 79.1 Å². The lowest BCUT2D eigenvalue weighted by molar-refractivity contribution is -0.433. The molecule has 8 amide bonds. The number of phenols is 1. The third-order valence-electron chi connectivity index (χ3n) is 15.8. The van der Waals surface area contributed by atoms with Crippen LogP contribution in [-0.2, 0) is 49.4 Å². The van der Waals surface area contributed by atoms with Crippen LogP contribution in [0.4, 0.5) is 0 Å². The van der Waals surface area contributed by atoms with Gasteiger partial charge in [0.25, 0.3) is 18.2 Å². The number of unbranched alkanes of at least 4 members (excludes halogenated alkanes) is 3. The molecule has 3 aromatic carbocycles. The summed E-state index contributed by atoms with van der Waals surface area (Å²) in [6.45, 7) is 3.62. The molecule has 502 valence electrons. The Kier molecular flexibility index (Phi) is 24.6. The molecule has 3 aliphatic heterocycles. The maximum absolute atomic E-state index is 14.7. The number of aliphatic hydroxyl groups is 6. The molecule has 3 fully saturated rings. The summed E-state index contributed by atoms with van der Waals surface area (Å²) in [7, 11) is 0. The highest BCUT2D eigenvalue weighted by atomic mass is 32.2. The van der Waals surface area contributed by atoms with E-state index in [0.29, 0.717) is 27.7 Å². The van der Waals surface area contributed by atoms with Gasteiger partial charge in [0.1, 0.15) is 47.0 Å².